The maximum Gasteiger partial charge on any atom is 0.265 e. The largest absolute Gasteiger partial charge is 0.456 e. The molecule has 0 aliphatic rings. The van der Waals surface area contributed by atoms with Gasteiger partial charge < -0.3 is 13.4 Å². The van der Waals surface area contributed by atoms with E-state index in [0.717, 1.165) is 17.1 Å². The van der Waals surface area contributed by atoms with Crippen LogP contribution < -0.4 is 0 Å². The Bertz CT molecular complexity index is 1600. The van der Waals surface area contributed by atoms with E-state index in [2.05, 4.69) is 9.69 Å². The minimum atomic E-state index is -0.0608. The molecule has 0 amide bonds. The first-order valence-corrected chi connectivity index (χ1v) is 10.3. The van der Waals surface area contributed by atoms with E-state index in [4.69, 9.17) is 32.5 Å². The normalized spacial score (nSPS) is 11.5. The van der Waals surface area contributed by atoms with Gasteiger partial charge in [-0.2, -0.15) is 0 Å². The van der Waals surface area contributed by atoms with E-state index < -0.39 is 0 Å². The highest BCUT2D eigenvalue weighted by molar-refractivity contribution is 5.70. The molecule has 0 N–H and O–H groups in total. The van der Waals surface area contributed by atoms with Crippen molar-refractivity contribution in [2.75, 3.05) is 0 Å². The second kappa shape index (κ2) is 10.2. The first kappa shape index (κ1) is 22.4. The molecule has 0 saturated carbocycles. The Morgan fingerprint density at radius 3 is 1.97 bits per heavy atom. The molecule has 3 heterocycles. The molecule has 1 aromatic carbocycles. The quantitative estimate of drug-likeness (QED) is 0.177. The van der Waals surface area contributed by atoms with Crippen molar-refractivity contribution in [1.82, 2.24) is 4.57 Å². The maximum absolute atomic E-state index is 9.02. The Hall–Kier alpha value is -5.76. The topological polar surface area (TPSA) is 87.5 Å². The van der Waals surface area contributed by atoms with Crippen LogP contribution in [0.3, 0.4) is 0 Å². The predicted molar refractivity (Wildman–Crippen MR) is 131 cm³/mol. The van der Waals surface area contributed by atoms with E-state index in [1.807, 2.05) is 65.2 Å². The SMILES string of the molecule is [C-]#[N+]/C(C#N)=C\C=C\c1ccc(-c2ccc(-c3ccc(/C=C(\C#N)[N+]#[C-])o3)n2-c2ccccc2)o1. The number of hydrogen-bond donors (Lipinski definition) is 0. The molecule has 7 nitrogen and oxygen atoms in total. The maximum atomic E-state index is 9.02. The predicted octanol–water partition coefficient (Wildman–Crippen LogP) is 7.12. The summed E-state index contributed by atoms with van der Waals surface area (Å²) < 4.78 is 13.9. The molecule has 0 aliphatic carbocycles. The number of furan rings is 2. The Labute approximate surface area is 201 Å². The summed E-state index contributed by atoms with van der Waals surface area (Å²) in [5, 5.41) is 17.9. The van der Waals surface area contributed by atoms with Crippen LogP contribution in [0, 0.1) is 35.8 Å². The zero-order chi connectivity index (χ0) is 24.6. The molecule has 0 fully saturated rings. The number of allylic oxidation sites excluding steroid dienone is 4. The third-order valence-corrected chi connectivity index (χ3v) is 4.92. The standard InChI is InChI=1S/C28H15N5O2/c1-31-20(18-29)7-6-10-23-11-15-27(34-23)25-13-14-26(33(25)22-8-4-3-5-9-22)28-16-12-24(35-28)17-21(19-30)32-2/h3-17H/b10-6+,20-7-,21-17+. The molecule has 0 radical (unpaired) electrons. The van der Waals surface area contributed by atoms with Crippen LogP contribution in [0.4, 0.5) is 0 Å². The van der Waals surface area contributed by atoms with Gasteiger partial charge >= 0.3 is 0 Å². The van der Waals surface area contributed by atoms with E-state index in [-0.39, 0.29) is 11.4 Å². The van der Waals surface area contributed by atoms with E-state index in [9.17, 15) is 0 Å². The summed E-state index contributed by atoms with van der Waals surface area (Å²) in [7, 11) is 0. The summed E-state index contributed by atoms with van der Waals surface area (Å²) in [4.78, 5) is 6.28. The third kappa shape index (κ3) is 4.86. The van der Waals surface area contributed by atoms with Crippen LogP contribution in [0.25, 0.3) is 50.4 Å². The molecule has 4 rings (SSSR count). The average Bonchev–Trinajstić information content (AvgIpc) is 3.65. The van der Waals surface area contributed by atoms with Gasteiger partial charge in [0.1, 0.15) is 11.5 Å². The summed E-state index contributed by atoms with van der Waals surface area (Å²) in [6.45, 7) is 14.0. The summed E-state index contributed by atoms with van der Waals surface area (Å²) in [5.74, 6) is 2.15. The highest BCUT2D eigenvalue weighted by Gasteiger charge is 2.18. The number of benzene rings is 1. The third-order valence-electron chi connectivity index (χ3n) is 4.92. The van der Waals surface area contributed by atoms with Gasteiger partial charge in [-0.05, 0) is 66.8 Å². The van der Waals surface area contributed by atoms with Gasteiger partial charge in [0.15, 0.2) is 11.5 Å². The van der Waals surface area contributed by atoms with E-state index in [0.29, 0.717) is 23.0 Å². The molecule has 4 aromatic rings. The van der Waals surface area contributed by atoms with Gasteiger partial charge in [0.2, 0.25) is 0 Å². The minimum absolute atomic E-state index is 0.0124. The van der Waals surface area contributed by atoms with Crippen LogP contribution >= 0.6 is 0 Å². The van der Waals surface area contributed by atoms with Crippen LogP contribution in [0.5, 0.6) is 0 Å². The average molecular weight is 453 g/mol. The number of para-hydroxylation sites is 1. The molecule has 0 atom stereocenters. The van der Waals surface area contributed by atoms with Crippen LogP contribution in [-0.4, -0.2) is 4.57 Å². The van der Waals surface area contributed by atoms with Crippen LogP contribution in [0.2, 0.25) is 0 Å². The fourth-order valence-electron chi connectivity index (χ4n) is 3.38. The Kier molecular flexibility index (Phi) is 6.56. The van der Waals surface area contributed by atoms with Gasteiger partial charge in [0.25, 0.3) is 11.4 Å². The molecule has 3 aromatic heterocycles. The molecular formula is C28H15N5O2. The van der Waals surface area contributed by atoms with Crippen molar-refractivity contribution in [2.45, 2.75) is 0 Å². The zero-order valence-electron chi connectivity index (χ0n) is 18.2. The van der Waals surface area contributed by atoms with E-state index in [1.54, 1.807) is 30.4 Å². The number of nitrogens with zero attached hydrogens (tertiary/aromatic N) is 5. The lowest BCUT2D eigenvalue weighted by Crippen LogP contribution is -1.98. The van der Waals surface area contributed by atoms with E-state index >= 15 is 0 Å². The molecular weight excluding hydrogens is 438 g/mol. The first-order chi connectivity index (χ1) is 17.2. The lowest BCUT2D eigenvalue weighted by molar-refractivity contribution is 0.563. The van der Waals surface area contributed by atoms with Crippen LogP contribution in [0.15, 0.2) is 99.1 Å². The number of aromatic nitrogens is 1. The fourth-order valence-corrected chi connectivity index (χ4v) is 3.38. The fraction of sp³-hybridized carbons (Fsp3) is 0. The molecule has 0 saturated heterocycles. The van der Waals surface area contributed by atoms with Gasteiger partial charge in [-0.3, -0.25) is 0 Å². The van der Waals surface area contributed by atoms with Crippen LogP contribution in [-0.2, 0) is 0 Å². The summed E-state index contributed by atoms with van der Waals surface area (Å²) in [6, 6.07) is 24.3. The van der Waals surface area contributed by atoms with Gasteiger partial charge in [-0.1, -0.05) is 24.3 Å². The molecule has 0 spiro atoms. The second-order valence-corrected chi connectivity index (χ2v) is 7.07. The molecule has 7 heteroatoms. The summed E-state index contributed by atoms with van der Waals surface area (Å²) in [5.41, 5.74) is 2.37. The second-order valence-electron chi connectivity index (χ2n) is 7.07. The Balaban J connectivity index is 1.76. The van der Waals surface area contributed by atoms with Gasteiger partial charge in [0.05, 0.1) is 36.7 Å². The van der Waals surface area contributed by atoms with Crippen LogP contribution in [0.1, 0.15) is 11.5 Å². The molecule has 35 heavy (non-hydrogen) atoms. The highest BCUT2D eigenvalue weighted by atomic mass is 16.3. The smallest absolute Gasteiger partial charge is 0.265 e. The molecule has 0 bridgehead atoms. The van der Waals surface area contributed by atoms with Gasteiger partial charge in [0, 0.05) is 5.69 Å². The lowest BCUT2D eigenvalue weighted by atomic mass is 10.2. The number of nitriles is 2. The van der Waals surface area contributed by atoms with Crippen molar-refractivity contribution in [3.63, 3.8) is 0 Å². The minimum Gasteiger partial charge on any atom is -0.456 e. The molecule has 164 valence electrons. The first-order valence-electron chi connectivity index (χ1n) is 10.3. The van der Waals surface area contributed by atoms with Crippen molar-refractivity contribution in [3.05, 3.63) is 125 Å². The van der Waals surface area contributed by atoms with Crippen molar-refractivity contribution >= 4 is 12.2 Å². The highest BCUT2D eigenvalue weighted by Crippen LogP contribution is 2.34. The number of rotatable bonds is 6. The van der Waals surface area contributed by atoms with Crippen molar-refractivity contribution in [2.24, 2.45) is 0 Å². The van der Waals surface area contributed by atoms with Gasteiger partial charge in [-0.25, -0.2) is 20.2 Å². The van der Waals surface area contributed by atoms with Crippen molar-refractivity contribution < 1.29 is 8.83 Å². The molecule has 0 aliphatic heterocycles. The Morgan fingerprint density at radius 1 is 0.771 bits per heavy atom. The van der Waals surface area contributed by atoms with Crippen molar-refractivity contribution in [3.8, 4) is 40.7 Å². The monoisotopic (exact) mass is 453 g/mol. The Morgan fingerprint density at radius 2 is 1.37 bits per heavy atom. The summed E-state index contributed by atoms with van der Waals surface area (Å²) in [6.07, 6.45) is 6.10. The lowest BCUT2D eigenvalue weighted by Gasteiger charge is -2.11. The van der Waals surface area contributed by atoms with E-state index in [1.165, 1.54) is 12.2 Å². The molecule has 0 unspecified atom stereocenters. The number of hydrogen-bond acceptors (Lipinski definition) is 4. The zero-order valence-corrected chi connectivity index (χ0v) is 18.2. The summed E-state index contributed by atoms with van der Waals surface area (Å²) >= 11 is 0. The van der Waals surface area contributed by atoms with Gasteiger partial charge in [-0.15, -0.1) is 0 Å². The van der Waals surface area contributed by atoms with Crippen molar-refractivity contribution in [1.29, 1.82) is 10.5 Å².